The van der Waals surface area contributed by atoms with E-state index in [1.165, 1.54) is 21.3 Å². The molecule has 1 heterocycles. The lowest BCUT2D eigenvalue weighted by Gasteiger charge is -2.30. The molecule has 3 rings (SSSR count). The van der Waals surface area contributed by atoms with Crippen molar-refractivity contribution >= 4 is 43.1 Å². The summed E-state index contributed by atoms with van der Waals surface area (Å²) in [5.74, 6) is 0. The predicted octanol–water partition coefficient (Wildman–Crippen LogP) is 5.23. The Hall–Kier alpha value is -2.18. The quantitative estimate of drug-likeness (QED) is 0.500. The Bertz CT molecular complexity index is 947. The summed E-state index contributed by atoms with van der Waals surface area (Å²) >= 11 is 0. The van der Waals surface area contributed by atoms with Crippen LogP contribution in [0.4, 0.5) is 5.69 Å². The van der Waals surface area contributed by atoms with Gasteiger partial charge in [0.05, 0.1) is 13.6 Å². The summed E-state index contributed by atoms with van der Waals surface area (Å²) in [5.41, 5.74) is 11.8. The molecule has 0 aliphatic carbocycles. The van der Waals surface area contributed by atoms with Crippen LogP contribution in [0.5, 0.6) is 0 Å². The number of para-hydroxylation sites is 1. The van der Waals surface area contributed by atoms with Crippen molar-refractivity contribution in [3.8, 4) is 0 Å². The first-order chi connectivity index (χ1) is 12.2. The highest BCUT2D eigenvalue weighted by molar-refractivity contribution is 7.07. The molecule has 134 valence electrons. The van der Waals surface area contributed by atoms with E-state index >= 15 is 0 Å². The molecule has 0 unspecified atom stereocenters. The Balaban J connectivity index is 2.25. The van der Waals surface area contributed by atoms with Crippen LogP contribution in [0.25, 0.3) is 16.1 Å². The first kappa shape index (κ1) is 18.6. The molecule has 2 nitrogen and oxygen atoms in total. The molecule has 3 aromatic rings. The van der Waals surface area contributed by atoms with Crippen molar-refractivity contribution in [2.75, 3.05) is 5.73 Å². The number of aromatic nitrogens is 1. The maximum absolute atomic E-state index is 5.94. The van der Waals surface area contributed by atoms with Crippen LogP contribution in [-0.2, 0) is 0 Å². The van der Waals surface area contributed by atoms with Crippen LogP contribution in [0, 0.1) is 0 Å². The molecule has 0 aliphatic heterocycles. The van der Waals surface area contributed by atoms with Crippen molar-refractivity contribution in [2.45, 2.75) is 32.7 Å². The van der Waals surface area contributed by atoms with Crippen molar-refractivity contribution in [2.24, 2.45) is 0 Å². The van der Waals surface area contributed by atoms with Crippen LogP contribution in [0.2, 0.25) is 32.7 Å². The molecule has 0 atom stereocenters. The lowest BCUT2D eigenvalue weighted by Crippen LogP contribution is -2.44. The summed E-state index contributed by atoms with van der Waals surface area (Å²) in [5, 5.41) is 4.11. The fourth-order valence-corrected chi connectivity index (χ4v) is 9.74. The topological polar surface area (TPSA) is 38.9 Å². The number of hydrogen-bond donors (Lipinski definition) is 1. The van der Waals surface area contributed by atoms with E-state index < -0.39 is 16.1 Å². The van der Waals surface area contributed by atoms with Crippen molar-refractivity contribution in [1.82, 2.24) is 4.98 Å². The molecule has 2 aromatic carbocycles. The number of rotatable bonds is 4. The molecule has 0 fully saturated rings. The minimum absolute atomic E-state index is 0.812. The van der Waals surface area contributed by atoms with Crippen molar-refractivity contribution in [3.63, 3.8) is 0 Å². The van der Waals surface area contributed by atoms with Gasteiger partial charge in [0.1, 0.15) is 8.07 Å². The predicted molar refractivity (Wildman–Crippen MR) is 121 cm³/mol. The van der Waals surface area contributed by atoms with Crippen LogP contribution in [0.3, 0.4) is 0 Å². The Kier molecular flexibility index (Phi) is 4.91. The molecule has 0 bridgehead atoms. The summed E-state index contributed by atoms with van der Waals surface area (Å²) in [7, 11) is -3.35. The number of nitrogen functional groups attached to an aromatic ring is 1. The molecule has 0 radical (unpaired) electrons. The van der Waals surface area contributed by atoms with Gasteiger partial charge in [-0.1, -0.05) is 80.0 Å². The Morgan fingerprint density at radius 2 is 1.54 bits per heavy atom. The zero-order valence-electron chi connectivity index (χ0n) is 16.4. The Labute approximate surface area is 158 Å². The fraction of sp³-hybridized carbons (Fsp3) is 0.227. The number of pyridine rings is 1. The second-order valence-corrected chi connectivity index (χ2v) is 17.9. The number of nitrogens with zero attached hydrogens (tertiary/aromatic N) is 1. The molecule has 0 amide bonds. The van der Waals surface area contributed by atoms with Gasteiger partial charge in [-0.05, 0) is 28.9 Å². The molecule has 2 N–H and O–H groups in total. The monoisotopic (exact) mass is 376 g/mol. The van der Waals surface area contributed by atoms with Crippen LogP contribution >= 0.6 is 0 Å². The molecule has 26 heavy (non-hydrogen) atoms. The van der Waals surface area contributed by atoms with E-state index in [-0.39, 0.29) is 0 Å². The highest BCUT2D eigenvalue weighted by Gasteiger charge is 2.32. The van der Waals surface area contributed by atoms with E-state index in [1.807, 2.05) is 24.4 Å². The number of nitrogens with two attached hydrogens (primary N) is 1. The minimum Gasteiger partial charge on any atom is -0.399 e. The highest BCUT2D eigenvalue weighted by Crippen LogP contribution is 2.30. The third kappa shape index (κ3) is 3.81. The van der Waals surface area contributed by atoms with Gasteiger partial charge in [0.15, 0.2) is 0 Å². The van der Waals surface area contributed by atoms with Gasteiger partial charge in [-0.2, -0.15) is 0 Å². The Morgan fingerprint density at radius 3 is 2.19 bits per heavy atom. The fourth-order valence-electron chi connectivity index (χ4n) is 3.47. The molecular formula is C22H28N2Si2. The summed E-state index contributed by atoms with van der Waals surface area (Å²) in [6.45, 7) is 12.1. The molecule has 4 heteroatoms. The van der Waals surface area contributed by atoms with E-state index in [9.17, 15) is 0 Å². The second-order valence-electron chi connectivity index (χ2n) is 8.55. The van der Waals surface area contributed by atoms with Crippen LogP contribution in [0.1, 0.15) is 5.56 Å². The smallest absolute Gasteiger partial charge is 0.114 e. The summed E-state index contributed by atoms with van der Waals surface area (Å²) < 4.78 is 0. The number of anilines is 1. The van der Waals surface area contributed by atoms with E-state index in [4.69, 9.17) is 10.7 Å². The summed E-state index contributed by atoms with van der Waals surface area (Å²) in [6.07, 6.45) is 1.90. The molecule has 1 aromatic heterocycles. The van der Waals surface area contributed by atoms with Gasteiger partial charge in [0.2, 0.25) is 0 Å². The van der Waals surface area contributed by atoms with Gasteiger partial charge in [-0.3, -0.25) is 4.98 Å². The first-order valence-corrected chi connectivity index (χ1v) is 15.7. The van der Waals surface area contributed by atoms with E-state index in [1.54, 1.807) is 0 Å². The Morgan fingerprint density at radius 1 is 0.885 bits per heavy atom. The molecule has 0 saturated heterocycles. The summed E-state index contributed by atoms with van der Waals surface area (Å²) in [6, 6.07) is 19.1. The molecule has 0 spiro atoms. The highest BCUT2D eigenvalue weighted by atomic mass is 28.3. The second kappa shape index (κ2) is 6.85. The number of fused-ring (bicyclic) bond motifs is 1. The first-order valence-electron chi connectivity index (χ1n) is 9.12. The third-order valence-corrected chi connectivity index (χ3v) is 9.75. The van der Waals surface area contributed by atoms with Gasteiger partial charge >= 0.3 is 0 Å². The number of benzene rings is 2. The standard InChI is InChI=1S/C22H28N2Si2/c1-25(2,3)16-21(17-11-13-19(23)14-12-17)26(4,5)20-10-6-8-18-9-7-15-24-22(18)20/h6-16H,23H2,1-5H3/b21-16+. The van der Waals surface area contributed by atoms with Gasteiger partial charge in [0, 0.05) is 17.3 Å². The number of hydrogen-bond acceptors (Lipinski definition) is 2. The van der Waals surface area contributed by atoms with Gasteiger partial charge in [0.25, 0.3) is 0 Å². The van der Waals surface area contributed by atoms with Crippen LogP contribution in [-0.4, -0.2) is 21.1 Å². The largest absolute Gasteiger partial charge is 0.399 e. The molecule has 0 saturated carbocycles. The van der Waals surface area contributed by atoms with Crippen molar-refractivity contribution in [3.05, 3.63) is 72.1 Å². The lowest BCUT2D eigenvalue weighted by molar-refractivity contribution is 1.42. The van der Waals surface area contributed by atoms with Gasteiger partial charge in [-0.25, -0.2) is 0 Å². The van der Waals surface area contributed by atoms with E-state index in [0.717, 1.165) is 11.2 Å². The van der Waals surface area contributed by atoms with Crippen molar-refractivity contribution < 1.29 is 0 Å². The average molecular weight is 377 g/mol. The average Bonchev–Trinajstić information content (AvgIpc) is 2.59. The molecular weight excluding hydrogens is 348 g/mol. The summed E-state index contributed by atoms with van der Waals surface area (Å²) in [4.78, 5) is 4.73. The maximum Gasteiger partial charge on any atom is 0.114 e. The van der Waals surface area contributed by atoms with E-state index in [0.29, 0.717) is 0 Å². The van der Waals surface area contributed by atoms with Gasteiger partial charge < -0.3 is 5.73 Å². The van der Waals surface area contributed by atoms with Gasteiger partial charge in [-0.15, -0.1) is 0 Å². The zero-order valence-corrected chi connectivity index (χ0v) is 18.4. The van der Waals surface area contributed by atoms with E-state index in [2.05, 4.69) is 74.8 Å². The molecule has 0 aliphatic rings. The van der Waals surface area contributed by atoms with Crippen LogP contribution in [0.15, 0.2) is 66.5 Å². The minimum atomic E-state index is -1.95. The SMILES string of the molecule is C[Si](C)(C)/C=C(\c1ccc(N)cc1)[Si](C)(C)c1cccc2cccnc12. The zero-order chi connectivity index (χ0) is 18.9. The van der Waals surface area contributed by atoms with Crippen LogP contribution < -0.4 is 10.9 Å². The normalized spacial score (nSPS) is 13.2. The third-order valence-electron chi connectivity index (χ3n) is 4.78. The van der Waals surface area contributed by atoms with Crippen molar-refractivity contribution in [1.29, 1.82) is 0 Å². The maximum atomic E-state index is 5.94. The lowest BCUT2D eigenvalue weighted by atomic mass is 10.2.